The molecule has 1 aromatic heterocycles. The van der Waals surface area contributed by atoms with Gasteiger partial charge >= 0.3 is 0 Å². The zero-order valence-electron chi connectivity index (χ0n) is 17.9. The van der Waals surface area contributed by atoms with Gasteiger partial charge in [-0.2, -0.15) is 0 Å². The average Bonchev–Trinajstić information content (AvgIpc) is 3.24. The molecular formula is C26H20N2O5. The van der Waals surface area contributed by atoms with Gasteiger partial charge in [0.05, 0.1) is 0 Å². The summed E-state index contributed by atoms with van der Waals surface area (Å²) in [5.74, 6) is -0.947. The largest absolute Gasteiger partial charge is 0.508 e. The number of aromatic nitrogens is 1. The van der Waals surface area contributed by atoms with Crippen LogP contribution in [0.1, 0.15) is 22.8 Å². The van der Waals surface area contributed by atoms with Gasteiger partial charge in [-0.15, -0.1) is 0 Å². The number of aromatic hydroxyl groups is 2. The second-order valence-electron chi connectivity index (χ2n) is 7.93. The molecule has 0 unspecified atom stereocenters. The standard InChI is InChI=1S/C26H20N2O5/c1-14(29)27-17-6-3-5-15(9-17)19-7-4-8-20-24(19)16(13-28(20)2)10-23-26(32)25-21(31)11-18(30)12-22(25)33-23/h3-13,30-31H,1-2H3,(H,27,29)/b23-10-. The van der Waals surface area contributed by atoms with Gasteiger partial charge in [-0.05, 0) is 35.4 Å². The third kappa shape index (κ3) is 3.49. The number of carbonyl (C=O) groups excluding carboxylic acids is 2. The molecule has 3 N–H and O–H groups in total. The van der Waals surface area contributed by atoms with Gasteiger partial charge in [-0.3, -0.25) is 9.59 Å². The second-order valence-corrected chi connectivity index (χ2v) is 7.93. The molecule has 164 valence electrons. The minimum Gasteiger partial charge on any atom is -0.508 e. The maximum Gasteiger partial charge on any atom is 0.235 e. The number of ketones is 1. The van der Waals surface area contributed by atoms with E-state index in [1.54, 1.807) is 6.08 Å². The number of benzene rings is 3. The minimum absolute atomic E-state index is 0.0301. The van der Waals surface area contributed by atoms with E-state index in [-0.39, 0.29) is 34.5 Å². The fourth-order valence-electron chi connectivity index (χ4n) is 4.22. The Balaban J connectivity index is 1.65. The normalized spacial score (nSPS) is 13.9. The highest BCUT2D eigenvalue weighted by Gasteiger charge is 2.31. The zero-order chi connectivity index (χ0) is 23.3. The molecular weight excluding hydrogens is 420 g/mol. The van der Waals surface area contributed by atoms with Crippen molar-refractivity contribution in [3.8, 4) is 28.4 Å². The molecule has 1 aliphatic rings. The van der Waals surface area contributed by atoms with Crippen molar-refractivity contribution in [3.05, 3.63) is 77.7 Å². The monoisotopic (exact) mass is 440 g/mol. The van der Waals surface area contributed by atoms with Crippen LogP contribution >= 0.6 is 0 Å². The molecule has 2 heterocycles. The number of ether oxygens (including phenoxy) is 1. The Labute approximate surface area is 189 Å². The molecule has 3 aromatic carbocycles. The van der Waals surface area contributed by atoms with E-state index in [0.717, 1.165) is 33.7 Å². The van der Waals surface area contributed by atoms with Gasteiger partial charge in [0.2, 0.25) is 11.7 Å². The van der Waals surface area contributed by atoms with Gasteiger partial charge in [0.25, 0.3) is 0 Å². The van der Waals surface area contributed by atoms with Crippen LogP contribution in [-0.2, 0) is 11.8 Å². The number of nitrogens with one attached hydrogen (secondary N) is 1. The van der Waals surface area contributed by atoms with Gasteiger partial charge in [0.15, 0.2) is 5.76 Å². The van der Waals surface area contributed by atoms with Crippen molar-refractivity contribution in [2.75, 3.05) is 5.32 Å². The van der Waals surface area contributed by atoms with Crippen LogP contribution in [0.5, 0.6) is 17.2 Å². The Hall–Kier alpha value is -4.52. The van der Waals surface area contributed by atoms with Gasteiger partial charge < -0.3 is 24.8 Å². The molecule has 5 rings (SSSR count). The number of allylic oxidation sites excluding steroid dienone is 1. The van der Waals surface area contributed by atoms with Crippen molar-refractivity contribution in [1.82, 2.24) is 4.57 Å². The number of anilines is 1. The fourth-order valence-corrected chi connectivity index (χ4v) is 4.22. The van der Waals surface area contributed by atoms with E-state index in [2.05, 4.69) is 5.32 Å². The molecule has 0 spiro atoms. The number of hydrogen-bond acceptors (Lipinski definition) is 5. The summed E-state index contributed by atoms with van der Waals surface area (Å²) in [7, 11) is 1.91. The van der Waals surface area contributed by atoms with E-state index < -0.39 is 5.78 Å². The number of phenols is 2. The van der Waals surface area contributed by atoms with Crippen LogP contribution in [0.15, 0.2) is 66.6 Å². The van der Waals surface area contributed by atoms with Crippen molar-refractivity contribution < 1.29 is 24.5 Å². The van der Waals surface area contributed by atoms with Crippen molar-refractivity contribution in [2.45, 2.75) is 6.92 Å². The Morgan fingerprint density at radius 2 is 1.88 bits per heavy atom. The van der Waals surface area contributed by atoms with Crippen LogP contribution in [0, 0.1) is 0 Å². The van der Waals surface area contributed by atoms with Gasteiger partial charge in [0.1, 0.15) is 22.8 Å². The molecule has 33 heavy (non-hydrogen) atoms. The number of Topliss-reactive ketones (excluding diaryl/α,β-unsaturated/α-hetero) is 1. The first kappa shape index (κ1) is 20.4. The molecule has 0 aliphatic carbocycles. The molecule has 1 aliphatic heterocycles. The second kappa shape index (κ2) is 7.56. The minimum atomic E-state index is -0.454. The number of aryl methyl sites for hydroxylation is 1. The molecule has 0 saturated heterocycles. The van der Waals surface area contributed by atoms with Crippen molar-refractivity contribution in [2.24, 2.45) is 7.05 Å². The highest BCUT2D eigenvalue weighted by atomic mass is 16.5. The number of hydrogen-bond donors (Lipinski definition) is 3. The summed E-state index contributed by atoms with van der Waals surface area (Å²) >= 11 is 0. The van der Waals surface area contributed by atoms with Crippen molar-refractivity contribution in [3.63, 3.8) is 0 Å². The third-order valence-electron chi connectivity index (χ3n) is 5.56. The highest BCUT2D eigenvalue weighted by Crippen LogP contribution is 2.41. The molecule has 1 amide bonds. The SMILES string of the molecule is CC(=O)Nc1cccc(-c2cccc3c2c(/C=C2\Oc4cc(O)cc(O)c4C2=O)cn3C)c1. The van der Waals surface area contributed by atoms with Crippen LogP contribution in [0.4, 0.5) is 5.69 Å². The molecule has 4 aromatic rings. The molecule has 0 fully saturated rings. The number of fused-ring (bicyclic) bond motifs is 2. The van der Waals surface area contributed by atoms with Crippen LogP contribution in [0.25, 0.3) is 28.1 Å². The third-order valence-corrected chi connectivity index (χ3v) is 5.56. The predicted octanol–water partition coefficient (Wildman–Crippen LogP) is 4.83. The summed E-state index contributed by atoms with van der Waals surface area (Å²) in [6, 6.07) is 15.9. The number of rotatable bonds is 3. The summed E-state index contributed by atoms with van der Waals surface area (Å²) < 4.78 is 7.64. The van der Waals surface area contributed by atoms with Crippen LogP contribution in [-0.4, -0.2) is 26.5 Å². The van der Waals surface area contributed by atoms with Gasteiger partial charge in [0, 0.05) is 54.5 Å². The Kier molecular flexibility index (Phi) is 4.67. The lowest BCUT2D eigenvalue weighted by molar-refractivity contribution is -0.114. The maximum absolute atomic E-state index is 12.9. The molecule has 0 atom stereocenters. The van der Waals surface area contributed by atoms with Crippen LogP contribution in [0.3, 0.4) is 0 Å². The molecule has 7 nitrogen and oxygen atoms in total. The van der Waals surface area contributed by atoms with Gasteiger partial charge in [-0.1, -0.05) is 24.3 Å². The lowest BCUT2D eigenvalue weighted by Gasteiger charge is -2.09. The van der Waals surface area contributed by atoms with Crippen LogP contribution in [0.2, 0.25) is 0 Å². The van der Waals surface area contributed by atoms with Crippen molar-refractivity contribution in [1.29, 1.82) is 0 Å². The summed E-state index contributed by atoms with van der Waals surface area (Å²) in [6.45, 7) is 1.46. The van der Waals surface area contributed by atoms with Crippen molar-refractivity contribution >= 4 is 34.4 Å². The highest BCUT2D eigenvalue weighted by molar-refractivity contribution is 6.17. The predicted molar refractivity (Wildman–Crippen MR) is 125 cm³/mol. The smallest absolute Gasteiger partial charge is 0.235 e. The Morgan fingerprint density at radius 1 is 1.09 bits per heavy atom. The molecule has 0 bridgehead atoms. The summed E-state index contributed by atoms with van der Waals surface area (Å²) in [5, 5.41) is 23.5. The van der Waals surface area contributed by atoms with Gasteiger partial charge in [-0.25, -0.2) is 0 Å². The first-order chi connectivity index (χ1) is 15.8. The quantitative estimate of drug-likeness (QED) is 0.396. The lowest BCUT2D eigenvalue weighted by atomic mass is 9.98. The van der Waals surface area contributed by atoms with E-state index in [4.69, 9.17) is 4.74 Å². The van der Waals surface area contributed by atoms with E-state index in [1.807, 2.05) is 60.3 Å². The number of phenolic OH excluding ortho intramolecular Hbond substituents is 2. The first-order valence-corrected chi connectivity index (χ1v) is 10.3. The van der Waals surface area contributed by atoms with E-state index in [0.29, 0.717) is 5.69 Å². The zero-order valence-corrected chi connectivity index (χ0v) is 17.9. The Morgan fingerprint density at radius 3 is 2.67 bits per heavy atom. The average molecular weight is 440 g/mol. The summed E-state index contributed by atoms with van der Waals surface area (Å²) in [5.41, 5.74) is 4.26. The summed E-state index contributed by atoms with van der Waals surface area (Å²) in [6.07, 6.45) is 3.54. The number of amides is 1. The van der Waals surface area contributed by atoms with E-state index in [1.165, 1.54) is 13.0 Å². The molecule has 0 saturated carbocycles. The first-order valence-electron chi connectivity index (χ1n) is 10.3. The van der Waals surface area contributed by atoms with Crippen LogP contribution < -0.4 is 10.1 Å². The number of carbonyl (C=O) groups is 2. The summed E-state index contributed by atoms with van der Waals surface area (Å²) in [4.78, 5) is 24.4. The topological polar surface area (TPSA) is 101 Å². The fraction of sp³-hybridized carbons (Fsp3) is 0.0769. The number of nitrogens with zero attached hydrogens (tertiary/aromatic N) is 1. The van der Waals surface area contributed by atoms with E-state index >= 15 is 0 Å². The molecule has 7 heteroatoms. The molecule has 0 radical (unpaired) electrons. The Bertz CT molecular complexity index is 1500. The lowest BCUT2D eigenvalue weighted by Crippen LogP contribution is -2.05. The van der Waals surface area contributed by atoms with E-state index in [9.17, 15) is 19.8 Å². The maximum atomic E-state index is 12.9.